The second-order valence-electron chi connectivity index (χ2n) is 9.96. The van der Waals surface area contributed by atoms with Crippen LogP contribution in [0.4, 0.5) is 5.69 Å². The van der Waals surface area contributed by atoms with Crippen LogP contribution in [0.3, 0.4) is 0 Å². The fourth-order valence-electron chi connectivity index (χ4n) is 5.08. The number of carbonyl (C=O) groups is 3. The quantitative estimate of drug-likeness (QED) is 0.558. The van der Waals surface area contributed by atoms with Crippen molar-refractivity contribution in [3.63, 3.8) is 0 Å². The van der Waals surface area contributed by atoms with Crippen molar-refractivity contribution >= 4 is 23.4 Å². The third-order valence-electron chi connectivity index (χ3n) is 7.00. The number of para-hydroxylation sites is 1. The van der Waals surface area contributed by atoms with Crippen molar-refractivity contribution in [1.29, 1.82) is 0 Å². The lowest BCUT2D eigenvalue weighted by molar-refractivity contribution is -0.135. The highest BCUT2D eigenvalue weighted by Crippen LogP contribution is 2.34. The van der Waals surface area contributed by atoms with Crippen LogP contribution in [0.1, 0.15) is 40.7 Å². The molecule has 2 aliphatic rings. The fraction of sp³-hybridized carbons (Fsp3) is 0.414. The lowest BCUT2D eigenvalue weighted by Gasteiger charge is -2.41. The van der Waals surface area contributed by atoms with Crippen LogP contribution >= 0.6 is 0 Å². The summed E-state index contributed by atoms with van der Waals surface area (Å²) in [6, 6.07) is 13.1. The summed E-state index contributed by atoms with van der Waals surface area (Å²) in [7, 11) is 0. The van der Waals surface area contributed by atoms with Crippen LogP contribution < -0.4 is 20.7 Å². The highest BCUT2D eigenvalue weighted by atomic mass is 16.5. The molecule has 0 aliphatic carbocycles. The summed E-state index contributed by atoms with van der Waals surface area (Å²) in [5.74, 6) is 0.151. The molecule has 4 rings (SSSR count). The maximum absolute atomic E-state index is 13.4. The van der Waals surface area contributed by atoms with Gasteiger partial charge in [0.15, 0.2) is 0 Å². The Kier molecular flexibility index (Phi) is 8.61. The Morgan fingerprint density at radius 1 is 1.08 bits per heavy atom. The minimum Gasteiger partial charge on any atom is -0.489 e. The molecule has 1 saturated heterocycles. The van der Waals surface area contributed by atoms with Gasteiger partial charge in [-0.1, -0.05) is 42.0 Å². The van der Waals surface area contributed by atoms with Gasteiger partial charge in [0.1, 0.15) is 12.4 Å². The summed E-state index contributed by atoms with van der Waals surface area (Å²) in [5, 5.41) is 8.89. The average molecular weight is 505 g/mol. The van der Waals surface area contributed by atoms with E-state index in [9.17, 15) is 14.4 Å². The number of piperidine rings is 1. The second kappa shape index (κ2) is 12.1. The Bertz CT molecular complexity index is 1180. The number of rotatable bonds is 3. The zero-order valence-corrected chi connectivity index (χ0v) is 21.6. The predicted molar refractivity (Wildman–Crippen MR) is 144 cm³/mol. The van der Waals surface area contributed by atoms with Crippen LogP contribution in [0, 0.1) is 19.3 Å². The number of anilines is 1. The zero-order valence-electron chi connectivity index (χ0n) is 21.6. The molecule has 0 radical (unpaired) electrons. The van der Waals surface area contributed by atoms with E-state index in [-0.39, 0.29) is 24.3 Å². The molecule has 3 amide bonds. The summed E-state index contributed by atoms with van der Waals surface area (Å²) in [4.78, 5) is 40.9. The predicted octanol–water partition coefficient (Wildman–Crippen LogP) is 3.21. The van der Waals surface area contributed by atoms with Crippen LogP contribution in [0.2, 0.25) is 0 Å². The number of hydrogen-bond donors (Lipinski definition) is 3. The molecule has 1 atom stereocenters. The highest BCUT2D eigenvalue weighted by molar-refractivity contribution is 5.97. The first-order valence-electron chi connectivity index (χ1n) is 12.9. The summed E-state index contributed by atoms with van der Waals surface area (Å²) < 4.78 is 5.84. The summed E-state index contributed by atoms with van der Waals surface area (Å²) >= 11 is 0. The minimum absolute atomic E-state index is 0.0516. The molecule has 8 heteroatoms. The van der Waals surface area contributed by atoms with Gasteiger partial charge in [-0.25, -0.2) is 0 Å². The van der Waals surface area contributed by atoms with Gasteiger partial charge in [-0.15, -0.1) is 0 Å². The molecular weight excluding hydrogens is 468 g/mol. The van der Waals surface area contributed by atoms with Gasteiger partial charge in [0.2, 0.25) is 11.8 Å². The molecular formula is C29H36N4O4. The van der Waals surface area contributed by atoms with Crippen molar-refractivity contribution in [1.82, 2.24) is 15.5 Å². The monoisotopic (exact) mass is 504 g/mol. The Balaban J connectivity index is 1.44. The number of hydrogen-bond acceptors (Lipinski definition) is 5. The van der Waals surface area contributed by atoms with Crippen LogP contribution in [-0.2, 0) is 9.59 Å². The first-order valence-corrected chi connectivity index (χ1v) is 12.9. The van der Waals surface area contributed by atoms with E-state index < -0.39 is 5.41 Å². The molecule has 1 unspecified atom stereocenters. The first kappa shape index (κ1) is 26.4. The molecule has 0 aromatic heterocycles. The van der Waals surface area contributed by atoms with Gasteiger partial charge < -0.3 is 20.7 Å². The standard InChI is InChI=1S/C29H36N4O4/c1-21-10-11-24(22(2)18-21)32-26(34)19-33-16-7-13-29(20-33)12-5-6-17-37-25-9-4-3-8-23(25)27(35)30-14-15-31-28(29)36/h3-6,8-11,18H,7,12-17,19-20H2,1-2H3,(H,30,35)(H,31,36)(H,32,34)/b6-5-. The number of allylic oxidation sites excluding steroid dienone is 1. The van der Waals surface area contributed by atoms with E-state index in [2.05, 4.69) is 20.9 Å². The van der Waals surface area contributed by atoms with Gasteiger partial charge in [-0.05, 0) is 63.4 Å². The van der Waals surface area contributed by atoms with Crippen LogP contribution in [0.25, 0.3) is 0 Å². The van der Waals surface area contributed by atoms with Crippen LogP contribution in [0.15, 0.2) is 54.6 Å². The third kappa shape index (κ3) is 6.77. The Morgan fingerprint density at radius 2 is 1.89 bits per heavy atom. The van der Waals surface area contributed by atoms with Gasteiger partial charge in [0, 0.05) is 25.3 Å². The Hall–Kier alpha value is -3.65. The number of fused-ring (bicyclic) bond motifs is 1. The van der Waals surface area contributed by atoms with Gasteiger partial charge in [-0.3, -0.25) is 19.3 Å². The second-order valence-corrected chi connectivity index (χ2v) is 9.96. The van der Waals surface area contributed by atoms with Crippen molar-refractivity contribution < 1.29 is 19.1 Å². The minimum atomic E-state index is -0.652. The number of likely N-dealkylation sites (tertiary alicyclic amines) is 1. The summed E-state index contributed by atoms with van der Waals surface area (Å²) in [6.07, 6.45) is 5.97. The van der Waals surface area contributed by atoms with E-state index in [0.717, 1.165) is 36.2 Å². The lowest BCUT2D eigenvalue weighted by atomic mass is 9.76. The molecule has 1 fully saturated rings. The molecule has 1 spiro atoms. The SMILES string of the molecule is Cc1ccc(NC(=O)CN2CCCC3(C/C=C\COc4ccccc4C(=O)NCCNC3=O)C2)c(C)c1. The van der Waals surface area contributed by atoms with Gasteiger partial charge in [0.05, 0.1) is 17.5 Å². The Labute approximate surface area is 218 Å². The molecule has 0 saturated carbocycles. The largest absolute Gasteiger partial charge is 0.489 e. The molecule has 2 aliphatic heterocycles. The van der Waals surface area contributed by atoms with E-state index >= 15 is 0 Å². The first-order chi connectivity index (χ1) is 17.9. The van der Waals surface area contributed by atoms with E-state index in [1.807, 2.05) is 50.3 Å². The molecule has 2 heterocycles. The average Bonchev–Trinajstić information content (AvgIpc) is 2.88. The van der Waals surface area contributed by atoms with Crippen molar-refractivity contribution in [3.05, 3.63) is 71.3 Å². The van der Waals surface area contributed by atoms with Crippen molar-refractivity contribution in [2.45, 2.75) is 33.1 Å². The molecule has 2 aromatic carbocycles. The van der Waals surface area contributed by atoms with E-state index in [4.69, 9.17) is 4.74 Å². The van der Waals surface area contributed by atoms with Crippen molar-refractivity contribution in [2.24, 2.45) is 5.41 Å². The topological polar surface area (TPSA) is 99.8 Å². The number of amides is 3. The maximum atomic E-state index is 13.4. The number of ether oxygens (including phenoxy) is 1. The summed E-state index contributed by atoms with van der Waals surface area (Å²) in [6.45, 7) is 6.41. The van der Waals surface area contributed by atoms with Crippen LogP contribution in [0.5, 0.6) is 5.75 Å². The fourth-order valence-corrected chi connectivity index (χ4v) is 5.08. The molecule has 2 aromatic rings. The number of benzene rings is 2. The molecule has 0 bridgehead atoms. The molecule has 196 valence electrons. The number of nitrogens with zero attached hydrogens (tertiary/aromatic N) is 1. The third-order valence-corrected chi connectivity index (χ3v) is 7.00. The number of aryl methyl sites for hydroxylation is 2. The van der Waals surface area contributed by atoms with E-state index in [1.165, 1.54) is 0 Å². The van der Waals surface area contributed by atoms with Gasteiger partial charge in [-0.2, -0.15) is 0 Å². The highest BCUT2D eigenvalue weighted by Gasteiger charge is 2.41. The smallest absolute Gasteiger partial charge is 0.255 e. The van der Waals surface area contributed by atoms with Gasteiger partial charge in [0.25, 0.3) is 5.91 Å². The Morgan fingerprint density at radius 3 is 2.73 bits per heavy atom. The van der Waals surface area contributed by atoms with Crippen molar-refractivity contribution in [2.75, 3.05) is 44.6 Å². The van der Waals surface area contributed by atoms with Crippen LogP contribution in [-0.4, -0.2) is 62.0 Å². The molecule has 3 N–H and O–H groups in total. The maximum Gasteiger partial charge on any atom is 0.255 e. The van der Waals surface area contributed by atoms with Gasteiger partial charge >= 0.3 is 0 Å². The number of carbonyl (C=O) groups excluding carboxylic acids is 3. The zero-order chi connectivity index (χ0) is 26.3. The number of nitrogens with one attached hydrogen (secondary N) is 3. The van der Waals surface area contributed by atoms with E-state index in [0.29, 0.717) is 44.0 Å². The van der Waals surface area contributed by atoms with Crippen molar-refractivity contribution in [3.8, 4) is 5.75 Å². The summed E-state index contributed by atoms with van der Waals surface area (Å²) in [5.41, 5.74) is 2.80. The lowest BCUT2D eigenvalue weighted by Crippen LogP contribution is -2.53. The molecule has 37 heavy (non-hydrogen) atoms. The molecule has 8 nitrogen and oxygen atoms in total. The normalized spacial score (nSPS) is 22.1. The van der Waals surface area contributed by atoms with E-state index in [1.54, 1.807) is 18.2 Å².